The standard InChI is InChI=1S/C34H31F6N3O4S/c1-21-33(31-29(36)17-26(35)18-30(31)37,24-9-11-25(12-10-24)34(38,39)40)48(44,45)42(2)32(41-21)43(19-22-5-13-27(46-3)14-6-22)20-23-7-15-28(47-4)16-8-23/h5-18,21H,19-20H2,1-4H3/t21-,33-/m1/s1. The van der Waals surface area contributed by atoms with E-state index < -0.39 is 55.6 Å². The molecule has 0 bridgehead atoms. The third-order valence-electron chi connectivity index (χ3n) is 8.31. The van der Waals surface area contributed by atoms with Gasteiger partial charge in [0.2, 0.25) is 5.96 Å². The molecule has 0 fully saturated rings. The maximum absolute atomic E-state index is 15.7. The fourth-order valence-corrected chi connectivity index (χ4v) is 8.12. The lowest BCUT2D eigenvalue weighted by Crippen LogP contribution is -2.60. The Morgan fingerprint density at radius 3 is 1.69 bits per heavy atom. The molecule has 0 aromatic heterocycles. The van der Waals surface area contributed by atoms with Gasteiger partial charge in [0, 0.05) is 32.3 Å². The van der Waals surface area contributed by atoms with Crippen LogP contribution >= 0.6 is 0 Å². The highest BCUT2D eigenvalue weighted by molar-refractivity contribution is 7.91. The van der Waals surface area contributed by atoms with Crippen LogP contribution in [0.2, 0.25) is 0 Å². The van der Waals surface area contributed by atoms with Crippen molar-refractivity contribution in [1.29, 1.82) is 0 Å². The first-order valence-electron chi connectivity index (χ1n) is 14.5. The van der Waals surface area contributed by atoms with E-state index in [2.05, 4.69) is 0 Å². The number of aliphatic imine (C=N–C) groups is 1. The highest BCUT2D eigenvalue weighted by atomic mass is 32.2. The number of hydrogen-bond acceptors (Lipinski definition) is 6. The number of hydrogen-bond donors (Lipinski definition) is 0. The van der Waals surface area contributed by atoms with Gasteiger partial charge in [0.15, 0.2) is 4.75 Å². The highest BCUT2D eigenvalue weighted by Gasteiger charge is 2.60. The monoisotopic (exact) mass is 691 g/mol. The van der Waals surface area contributed by atoms with Gasteiger partial charge in [-0.1, -0.05) is 36.4 Å². The zero-order valence-electron chi connectivity index (χ0n) is 26.2. The van der Waals surface area contributed by atoms with Crippen molar-refractivity contribution in [3.63, 3.8) is 0 Å². The van der Waals surface area contributed by atoms with E-state index >= 15 is 8.78 Å². The number of benzene rings is 4. The summed E-state index contributed by atoms with van der Waals surface area (Å²) in [6, 6.07) is 16.1. The van der Waals surface area contributed by atoms with Crippen LogP contribution in [0.15, 0.2) is 89.9 Å². The summed E-state index contributed by atoms with van der Waals surface area (Å²) in [7, 11) is -0.817. The molecule has 0 unspecified atom stereocenters. The van der Waals surface area contributed by atoms with Crippen LogP contribution in [-0.2, 0) is 34.0 Å². The van der Waals surface area contributed by atoms with Crippen LogP contribution < -0.4 is 9.47 Å². The van der Waals surface area contributed by atoms with Crippen LogP contribution in [-0.4, -0.2) is 50.9 Å². The molecule has 1 aliphatic rings. The van der Waals surface area contributed by atoms with Crippen LogP contribution in [0.5, 0.6) is 11.5 Å². The number of halogens is 6. The van der Waals surface area contributed by atoms with Gasteiger partial charge in [0.1, 0.15) is 29.0 Å². The van der Waals surface area contributed by atoms with Crippen LogP contribution in [0, 0.1) is 17.5 Å². The predicted octanol–water partition coefficient (Wildman–Crippen LogP) is 7.11. The molecule has 4 aromatic carbocycles. The van der Waals surface area contributed by atoms with Gasteiger partial charge < -0.3 is 14.4 Å². The molecule has 1 aliphatic heterocycles. The van der Waals surface area contributed by atoms with E-state index in [9.17, 15) is 26.0 Å². The van der Waals surface area contributed by atoms with Crippen LogP contribution in [0.25, 0.3) is 0 Å². The van der Waals surface area contributed by atoms with Crippen molar-refractivity contribution in [3.8, 4) is 11.5 Å². The lowest BCUT2D eigenvalue weighted by Gasteiger charge is -2.46. The number of nitrogens with zero attached hydrogens (tertiary/aromatic N) is 3. The van der Waals surface area contributed by atoms with Gasteiger partial charge in [-0.25, -0.2) is 30.9 Å². The maximum atomic E-state index is 15.7. The smallest absolute Gasteiger partial charge is 0.416 e. The summed E-state index contributed by atoms with van der Waals surface area (Å²) in [5, 5.41) is 0. The highest BCUT2D eigenvalue weighted by Crippen LogP contribution is 2.49. The van der Waals surface area contributed by atoms with E-state index in [0.29, 0.717) is 35.8 Å². The largest absolute Gasteiger partial charge is 0.497 e. The number of alkyl halides is 3. The third-order valence-corrected chi connectivity index (χ3v) is 10.8. The molecule has 0 spiro atoms. The Bertz CT molecular complexity index is 1850. The van der Waals surface area contributed by atoms with Crippen LogP contribution in [0.1, 0.15) is 34.7 Å². The SMILES string of the molecule is COc1ccc(CN(Cc2ccc(OC)cc2)C2=N[C@H](C)[C@@](c3ccc(C(F)(F)F)cc3)(c3c(F)cc(F)cc3F)S(=O)(=O)N2C)cc1. The molecule has 0 N–H and O–H groups in total. The first kappa shape index (κ1) is 34.6. The molecule has 0 aliphatic carbocycles. The summed E-state index contributed by atoms with van der Waals surface area (Å²) in [5.74, 6) is -3.30. The van der Waals surface area contributed by atoms with E-state index in [1.54, 1.807) is 53.4 Å². The second-order valence-electron chi connectivity index (χ2n) is 11.2. The number of methoxy groups -OCH3 is 2. The Morgan fingerprint density at radius 2 is 1.27 bits per heavy atom. The lowest BCUT2D eigenvalue weighted by molar-refractivity contribution is -0.137. The van der Waals surface area contributed by atoms with Crippen LogP contribution in [0.3, 0.4) is 0 Å². The van der Waals surface area contributed by atoms with Gasteiger partial charge in [-0.15, -0.1) is 0 Å². The Morgan fingerprint density at radius 1 is 0.812 bits per heavy atom. The van der Waals surface area contributed by atoms with Crippen LogP contribution in [0.4, 0.5) is 26.3 Å². The summed E-state index contributed by atoms with van der Waals surface area (Å²) >= 11 is 0. The van der Waals surface area contributed by atoms with Gasteiger partial charge in [-0.05, 0) is 60.0 Å². The average Bonchev–Trinajstić information content (AvgIpc) is 3.04. The summed E-state index contributed by atoms with van der Waals surface area (Å²) in [5.41, 5.74) is -1.09. The molecule has 4 aromatic rings. The topological polar surface area (TPSA) is 71.4 Å². The summed E-state index contributed by atoms with van der Waals surface area (Å²) in [4.78, 5) is 6.34. The number of sulfonamides is 1. The number of rotatable bonds is 8. The molecule has 7 nitrogen and oxygen atoms in total. The van der Waals surface area contributed by atoms with E-state index in [-0.39, 0.29) is 24.6 Å². The van der Waals surface area contributed by atoms with Gasteiger partial charge in [0.05, 0.1) is 31.4 Å². The van der Waals surface area contributed by atoms with E-state index in [1.807, 2.05) is 0 Å². The molecule has 0 amide bonds. The van der Waals surface area contributed by atoms with Crippen molar-refractivity contribution >= 4 is 16.0 Å². The number of guanidine groups is 1. The predicted molar refractivity (Wildman–Crippen MR) is 167 cm³/mol. The minimum absolute atomic E-state index is 0.0976. The first-order chi connectivity index (χ1) is 22.6. The Hall–Kier alpha value is -4.72. The Kier molecular flexibility index (Phi) is 9.42. The second kappa shape index (κ2) is 13.1. The molecule has 1 heterocycles. The normalized spacial score (nSPS) is 19.1. The average molecular weight is 692 g/mol. The molecule has 14 heteroatoms. The van der Waals surface area contributed by atoms with Crippen molar-refractivity contribution in [2.45, 2.75) is 37.0 Å². The quantitative estimate of drug-likeness (QED) is 0.184. The molecular formula is C34H31F6N3O4S. The van der Waals surface area contributed by atoms with Gasteiger partial charge in [-0.3, -0.25) is 0 Å². The third kappa shape index (κ3) is 6.16. The molecule has 5 rings (SSSR count). The first-order valence-corrected chi connectivity index (χ1v) is 16.0. The molecule has 2 atom stereocenters. The zero-order chi connectivity index (χ0) is 35.0. The van der Waals surface area contributed by atoms with E-state index in [4.69, 9.17) is 14.5 Å². The Labute approximate surface area is 274 Å². The van der Waals surface area contributed by atoms with Gasteiger partial charge in [0.25, 0.3) is 10.0 Å². The molecular weight excluding hydrogens is 660 g/mol. The molecule has 0 radical (unpaired) electrons. The zero-order valence-corrected chi connectivity index (χ0v) is 27.0. The minimum atomic E-state index is -4.99. The van der Waals surface area contributed by atoms with Crippen molar-refractivity contribution in [2.75, 3.05) is 21.3 Å². The molecule has 0 saturated carbocycles. The van der Waals surface area contributed by atoms with E-state index in [1.165, 1.54) is 21.1 Å². The van der Waals surface area contributed by atoms with Crippen molar-refractivity contribution in [3.05, 3.63) is 130 Å². The summed E-state index contributed by atoms with van der Waals surface area (Å²) < 4.78 is 124. The lowest BCUT2D eigenvalue weighted by atomic mass is 9.83. The van der Waals surface area contributed by atoms with Crippen molar-refractivity contribution in [1.82, 2.24) is 9.21 Å². The Balaban J connectivity index is 1.72. The fourth-order valence-electron chi connectivity index (χ4n) is 5.94. The maximum Gasteiger partial charge on any atom is 0.416 e. The van der Waals surface area contributed by atoms with E-state index in [0.717, 1.165) is 34.6 Å². The molecule has 254 valence electrons. The summed E-state index contributed by atoms with van der Waals surface area (Å²) in [6.45, 7) is 1.53. The van der Waals surface area contributed by atoms with Gasteiger partial charge in [-0.2, -0.15) is 13.2 Å². The second-order valence-corrected chi connectivity index (χ2v) is 13.3. The molecule has 0 saturated heterocycles. The van der Waals surface area contributed by atoms with Gasteiger partial charge >= 0.3 is 6.18 Å². The summed E-state index contributed by atoms with van der Waals surface area (Å²) in [6.07, 6.45) is -4.78. The molecule has 48 heavy (non-hydrogen) atoms. The minimum Gasteiger partial charge on any atom is -0.497 e. The van der Waals surface area contributed by atoms with Crippen molar-refractivity contribution < 1.29 is 44.2 Å². The number of ether oxygens (including phenoxy) is 2. The fraction of sp³-hybridized carbons (Fsp3) is 0.265. The van der Waals surface area contributed by atoms with Crippen molar-refractivity contribution in [2.24, 2.45) is 4.99 Å².